The van der Waals surface area contributed by atoms with Crippen molar-refractivity contribution in [2.75, 3.05) is 20.3 Å². The Bertz CT molecular complexity index is 413. The van der Waals surface area contributed by atoms with Gasteiger partial charge in [0.05, 0.1) is 20.3 Å². The fourth-order valence-electron chi connectivity index (χ4n) is 1.77. The molecule has 6 heteroatoms. The van der Waals surface area contributed by atoms with Crippen LogP contribution in [0.1, 0.15) is 24.0 Å². The molecule has 0 saturated carbocycles. The summed E-state index contributed by atoms with van der Waals surface area (Å²) in [4.78, 5) is 4.68. The standard InChI is InChI=1S/C12H15F2NO3/c1-16-15-7-8-5-10-11(6-9(8)12(13)14)18-4-2-3-17-10/h5-6,12,15H,2-4,7H2,1H3. The summed E-state index contributed by atoms with van der Waals surface area (Å²) in [6.07, 6.45) is -1.82. The van der Waals surface area contributed by atoms with Crippen LogP contribution in [0, 0.1) is 0 Å². The topological polar surface area (TPSA) is 39.7 Å². The van der Waals surface area contributed by atoms with Crippen LogP contribution < -0.4 is 15.0 Å². The van der Waals surface area contributed by atoms with Crippen LogP contribution in [0.2, 0.25) is 0 Å². The lowest BCUT2D eigenvalue weighted by molar-refractivity contribution is 0.0848. The van der Waals surface area contributed by atoms with Gasteiger partial charge in [0, 0.05) is 18.5 Å². The summed E-state index contributed by atoms with van der Waals surface area (Å²) in [5, 5.41) is 0. The molecule has 0 saturated heterocycles. The van der Waals surface area contributed by atoms with Gasteiger partial charge in [-0.2, -0.15) is 5.48 Å². The maximum atomic E-state index is 13.0. The first-order valence-electron chi connectivity index (χ1n) is 5.68. The van der Waals surface area contributed by atoms with E-state index in [1.54, 1.807) is 6.07 Å². The van der Waals surface area contributed by atoms with Gasteiger partial charge < -0.3 is 14.3 Å². The molecule has 0 aliphatic carbocycles. The largest absolute Gasteiger partial charge is 0.490 e. The average Bonchev–Trinajstić information content (AvgIpc) is 2.59. The van der Waals surface area contributed by atoms with Crippen molar-refractivity contribution in [2.45, 2.75) is 19.4 Å². The van der Waals surface area contributed by atoms with Crippen molar-refractivity contribution in [1.82, 2.24) is 5.48 Å². The second-order valence-electron chi connectivity index (χ2n) is 3.87. The molecule has 0 amide bonds. The molecule has 1 aromatic carbocycles. The number of rotatable bonds is 4. The molecule has 0 fully saturated rings. The number of benzene rings is 1. The highest BCUT2D eigenvalue weighted by Gasteiger charge is 2.19. The Labute approximate surface area is 104 Å². The minimum atomic E-state index is -2.56. The van der Waals surface area contributed by atoms with Crippen LogP contribution in [-0.2, 0) is 11.4 Å². The minimum Gasteiger partial charge on any atom is -0.490 e. The number of hydroxylamine groups is 1. The highest BCUT2D eigenvalue weighted by atomic mass is 19.3. The molecule has 1 N–H and O–H groups in total. The molecule has 18 heavy (non-hydrogen) atoms. The van der Waals surface area contributed by atoms with Gasteiger partial charge in [-0.25, -0.2) is 8.78 Å². The van der Waals surface area contributed by atoms with Crippen molar-refractivity contribution in [3.05, 3.63) is 23.3 Å². The molecule has 2 rings (SSSR count). The molecule has 0 atom stereocenters. The fraction of sp³-hybridized carbons (Fsp3) is 0.500. The zero-order valence-electron chi connectivity index (χ0n) is 10.0. The maximum absolute atomic E-state index is 13.0. The second kappa shape index (κ2) is 5.97. The van der Waals surface area contributed by atoms with Crippen molar-refractivity contribution in [3.8, 4) is 11.5 Å². The molecule has 1 aliphatic rings. The lowest BCUT2D eigenvalue weighted by atomic mass is 10.1. The Morgan fingerprint density at radius 1 is 1.28 bits per heavy atom. The number of halogens is 2. The van der Waals surface area contributed by atoms with E-state index in [-0.39, 0.29) is 12.1 Å². The maximum Gasteiger partial charge on any atom is 0.264 e. The van der Waals surface area contributed by atoms with E-state index < -0.39 is 6.43 Å². The number of hydrogen-bond donors (Lipinski definition) is 1. The van der Waals surface area contributed by atoms with Crippen molar-refractivity contribution in [1.29, 1.82) is 0 Å². The van der Waals surface area contributed by atoms with Crippen LogP contribution >= 0.6 is 0 Å². The summed E-state index contributed by atoms with van der Waals surface area (Å²) in [7, 11) is 1.44. The SMILES string of the molecule is CONCc1cc2c(cc1C(F)F)OCCCO2. The first-order chi connectivity index (χ1) is 8.72. The van der Waals surface area contributed by atoms with Gasteiger partial charge in [-0.05, 0) is 17.7 Å². The van der Waals surface area contributed by atoms with Crippen molar-refractivity contribution in [2.24, 2.45) is 0 Å². The predicted molar refractivity (Wildman–Crippen MR) is 60.9 cm³/mol. The third-order valence-electron chi connectivity index (χ3n) is 2.65. The van der Waals surface area contributed by atoms with Gasteiger partial charge in [0.2, 0.25) is 0 Å². The second-order valence-corrected chi connectivity index (χ2v) is 3.87. The Morgan fingerprint density at radius 2 is 1.94 bits per heavy atom. The average molecular weight is 259 g/mol. The van der Waals surface area contributed by atoms with E-state index in [2.05, 4.69) is 10.3 Å². The van der Waals surface area contributed by atoms with E-state index in [0.29, 0.717) is 30.3 Å². The van der Waals surface area contributed by atoms with E-state index in [9.17, 15) is 8.78 Å². The summed E-state index contributed by atoms with van der Waals surface area (Å²) in [5.41, 5.74) is 2.93. The van der Waals surface area contributed by atoms with Crippen molar-refractivity contribution in [3.63, 3.8) is 0 Å². The van der Waals surface area contributed by atoms with Crippen LogP contribution in [0.15, 0.2) is 12.1 Å². The minimum absolute atomic E-state index is 0.0659. The van der Waals surface area contributed by atoms with Gasteiger partial charge in [-0.3, -0.25) is 0 Å². The summed E-state index contributed by atoms with van der Waals surface area (Å²) in [6, 6.07) is 2.92. The molecule has 4 nitrogen and oxygen atoms in total. The molecule has 0 radical (unpaired) electrons. The molecular weight excluding hydrogens is 244 g/mol. The zero-order chi connectivity index (χ0) is 13.0. The van der Waals surface area contributed by atoms with E-state index in [1.807, 2.05) is 0 Å². The Hall–Kier alpha value is -1.40. The van der Waals surface area contributed by atoms with Gasteiger partial charge >= 0.3 is 0 Å². The van der Waals surface area contributed by atoms with Crippen LogP contribution in [-0.4, -0.2) is 20.3 Å². The van der Waals surface area contributed by atoms with Gasteiger partial charge in [0.1, 0.15) is 0 Å². The van der Waals surface area contributed by atoms with Crippen molar-refractivity contribution < 1.29 is 23.1 Å². The summed E-state index contributed by atoms with van der Waals surface area (Å²) >= 11 is 0. The monoisotopic (exact) mass is 259 g/mol. The quantitative estimate of drug-likeness (QED) is 0.843. The summed E-state index contributed by atoms with van der Waals surface area (Å²) in [5.74, 6) is 0.883. The van der Waals surface area contributed by atoms with Crippen LogP contribution in [0.25, 0.3) is 0 Å². The molecule has 0 unspecified atom stereocenters. The van der Waals surface area contributed by atoms with E-state index in [4.69, 9.17) is 9.47 Å². The zero-order valence-corrected chi connectivity index (χ0v) is 10.0. The molecule has 1 aromatic rings. The summed E-state index contributed by atoms with van der Waals surface area (Å²) in [6.45, 7) is 1.19. The van der Waals surface area contributed by atoms with Crippen LogP contribution in [0.4, 0.5) is 8.78 Å². The van der Waals surface area contributed by atoms with Crippen LogP contribution in [0.3, 0.4) is 0 Å². The molecular formula is C12H15F2NO3. The predicted octanol–water partition coefficient (Wildman–Crippen LogP) is 2.44. The summed E-state index contributed by atoms with van der Waals surface area (Å²) < 4.78 is 36.8. The van der Waals surface area contributed by atoms with Gasteiger partial charge in [0.15, 0.2) is 11.5 Å². The van der Waals surface area contributed by atoms with Crippen LogP contribution in [0.5, 0.6) is 11.5 Å². The highest BCUT2D eigenvalue weighted by Crippen LogP contribution is 2.36. The molecule has 1 aliphatic heterocycles. The number of nitrogens with one attached hydrogen (secondary N) is 1. The van der Waals surface area contributed by atoms with Gasteiger partial charge in [-0.1, -0.05) is 0 Å². The molecule has 0 spiro atoms. The van der Waals surface area contributed by atoms with Gasteiger partial charge in [-0.15, -0.1) is 0 Å². The Kier molecular flexibility index (Phi) is 4.33. The Balaban J connectivity index is 2.34. The molecule has 0 aromatic heterocycles. The highest BCUT2D eigenvalue weighted by molar-refractivity contribution is 5.48. The molecule has 1 heterocycles. The number of hydrogen-bond acceptors (Lipinski definition) is 4. The number of alkyl halides is 2. The number of ether oxygens (including phenoxy) is 2. The first kappa shape index (κ1) is 13.0. The molecule has 100 valence electrons. The van der Waals surface area contributed by atoms with E-state index >= 15 is 0 Å². The third-order valence-corrected chi connectivity index (χ3v) is 2.65. The number of fused-ring (bicyclic) bond motifs is 1. The van der Waals surface area contributed by atoms with E-state index in [0.717, 1.165) is 6.42 Å². The molecule has 0 bridgehead atoms. The lowest BCUT2D eigenvalue weighted by Gasteiger charge is -2.14. The van der Waals surface area contributed by atoms with E-state index in [1.165, 1.54) is 13.2 Å². The third kappa shape index (κ3) is 2.88. The normalized spacial score (nSPS) is 14.7. The fourth-order valence-corrected chi connectivity index (χ4v) is 1.77. The van der Waals surface area contributed by atoms with Gasteiger partial charge in [0.25, 0.3) is 6.43 Å². The Morgan fingerprint density at radius 3 is 2.56 bits per heavy atom. The smallest absolute Gasteiger partial charge is 0.264 e. The lowest BCUT2D eigenvalue weighted by Crippen LogP contribution is -2.13. The first-order valence-corrected chi connectivity index (χ1v) is 5.68. The van der Waals surface area contributed by atoms with Crippen molar-refractivity contribution >= 4 is 0 Å².